The van der Waals surface area contributed by atoms with Gasteiger partial charge in [0, 0.05) is 5.92 Å². The van der Waals surface area contributed by atoms with Gasteiger partial charge in [0.2, 0.25) is 11.6 Å². The number of hydrogen-bond donors (Lipinski definition) is 2. The zero-order valence-corrected chi connectivity index (χ0v) is 7.75. The summed E-state index contributed by atoms with van der Waals surface area (Å²) in [7, 11) is -4.39. The summed E-state index contributed by atoms with van der Waals surface area (Å²) in [4.78, 5) is 38.3. The Kier molecular flexibility index (Phi) is 3.77. The van der Waals surface area contributed by atoms with Gasteiger partial charge in [-0.2, -0.15) is 0 Å². The number of carbonyl (C=O) groups is 2. The lowest BCUT2D eigenvalue weighted by molar-refractivity contribution is -0.137. The van der Waals surface area contributed by atoms with Crippen LogP contribution in [0.15, 0.2) is 0 Å². The molecule has 0 radical (unpaired) electrons. The third-order valence-corrected chi connectivity index (χ3v) is 1.85. The van der Waals surface area contributed by atoms with Crippen LogP contribution in [0.5, 0.6) is 0 Å². The van der Waals surface area contributed by atoms with E-state index in [9.17, 15) is 14.2 Å². The predicted molar refractivity (Wildman–Crippen MR) is 41.8 cm³/mol. The molecule has 0 aliphatic heterocycles. The van der Waals surface area contributed by atoms with Crippen molar-refractivity contribution in [2.45, 2.75) is 13.8 Å². The summed E-state index contributed by atoms with van der Waals surface area (Å²) in [5.41, 5.74) is 0. The van der Waals surface area contributed by atoms with Crippen molar-refractivity contribution in [1.29, 1.82) is 0 Å². The molecule has 6 heteroatoms. The number of hydrogen-bond acceptors (Lipinski definition) is 3. The van der Waals surface area contributed by atoms with Crippen LogP contribution in [0.25, 0.3) is 0 Å². The molecule has 12 heavy (non-hydrogen) atoms. The van der Waals surface area contributed by atoms with Gasteiger partial charge >= 0.3 is 7.60 Å². The zero-order chi connectivity index (χ0) is 9.94. The summed E-state index contributed by atoms with van der Waals surface area (Å²) in [5.74, 6) is -2.25. The highest BCUT2D eigenvalue weighted by molar-refractivity contribution is 7.53. The second-order valence-corrected chi connectivity index (χ2v) is 4.41. The number of ketones is 2. The van der Waals surface area contributed by atoms with Crippen LogP contribution < -0.4 is 0 Å². The first-order chi connectivity index (χ1) is 5.24. The Labute approximate surface area is 69.9 Å². The van der Waals surface area contributed by atoms with E-state index in [-0.39, 0.29) is 0 Å². The summed E-state index contributed by atoms with van der Waals surface area (Å²) in [5, 5.41) is 0. The first-order valence-corrected chi connectivity index (χ1v) is 5.15. The fourth-order valence-corrected chi connectivity index (χ4v) is 1.12. The van der Waals surface area contributed by atoms with E-state index in [0.29, 0.717) is 0 Å². The van der Waals surface area contributed by atoms with Crippen molar-refractivity contribution >= 4 is 19.2 Å². The largest absolute Gasteiger partial charge is 0.333 e. The van der Waals surface area contributed by atoms with Gasteiger partial charge in [0.05, 0.1) is 0 Å². The molecule has 0 bridgehead atoms. The Morgan fingerprint density at radius 3 is 2.00 bits per heavy atom. The molecule has 0 saturated heterocycles. The topological polar surface area (TPSA) is 91.7 Å². The Bertz CT molecular complexity index is 238. The van der Waals surface area contributed by atoms with E-state index >= 15 is 0 Å². The Hall–Kier alpha value is -0.510. The molecule has 70 valence electrons. The van der Waals surface area contributed by atoms with Crippen molar-refractivity contribution < 1.29 is 23.9 Å². The monoisotopic (exact) mass is 194 g/mol. The standard InChI is InChI=1S/C6H11O5P/c1-4(2)6(8)5(7)3-12(9,10)11/h4H,3H2,1-2H3,(H2,9,10,11). The highest BCUT2D eigenvalue weighted by atomic mass is 31.2. The first-order valence-electron chi connectivity index (χ1n) is 3.35. The van der Waals surface area contributed by atoms with Crippen LogP contribution in [0, 0.1) is 5.92 Å². The van der Waals surface area contributed by atoms with Crippen LogP contribution in [-0.4, -0.2) is 27.5 Å². The Morgan fingerprint density at radius 2 is 1.75 bits per heavy atom. The second kappa shape index (κ2) is 3.94. The van der Waals surface area contributed by atoms with Gasteiger partial charge in [-0.25, -0.2) is 0 Å². The molecule has 0 atom stereocenters. The molecule has 0 rings (SSSR count). The van der Waals surface area contributed by atoms with Crippen LogP contribution in [0.2, 0.25) is 0 Å². The van der Waals surface area contributed by atoms with Gasteiger partial charge in [-0.1, -0.05) is 13.8 Å². The van der Waals surface area contributed by atoms with Crippen LogP contribution in [0.4, 0.5) is 0 Å². The summed E-state index contributed by atoms with van der Waals surface area (Å²) in [6.07, 6.45) is -0.982. The molecule has 0 aromatic heterocycles. The highest BCUT2D eigenvalue weighted by Crippen LogP contribution is 2.34. The normalized spacial score (nSPS) is 11.8. The van der Waals surface area contributed by atoms with Gasteiger partial charge in [0.15, 0.2) is 0 Å². The van der Waals surface area contributed by atoms with E-state index in [0.717, 1.165) is 0 Å². The fourth-order valence-electron chi connectivity index (χ4n) is 0.587. The summed E-state index contributed by atoms with van der Waals surface area (Å²) < 4.78 is 10.3. The summed E-state index contributed by atoms with van der Waals surface area (Å²) in [6.45, 7) is 3.00. The number of carbonyl (C=O) groups excluding carboxylic acids is 2. The lowest BCUT2D eigenvalue weighted by Crippen LogP contribution is -2.22. The lowest BCUT2D eigenvalue weighted by atomic mass is 10.1. The average Bonchev–Trinajstić information content (AvgIpc) is 1.82. The summed E-state index contributed by atoms with van der Waals surface area (Å²) in [6, 6.07) is 0. The van der Waals surface area contributed by atoms with E-state index in [1.165, 1.54) is 13.8 Å². The quantitative estimate of drug-likeness (QED) is 0.483. The molecule has 0 unspecified atom stereocenters. The van der Waals surface area contributed by atoms with E-state index in [2.05, 4.69) is 0 Å². The third-order valence-electron chi connectivity index (χ3n) is 1.15. The van der Waals surface area contributed by atoms with Crippen molar-refractivity contribution in [3.05, 3.63) is 0 Å². The molecular weight excluding hydrogens is 183 g/mol. The van der Waals surface area contributed by atoms with Crippen LogP contribution in [-0.2, 0) is 14.2 Å². The van der Waals surface area contributed by atoms with E-state index in [4.69, 9.17) is 9.79 Å². The predicted octanol–water partition coefficient (Wildman–Crippen LogP) is -0.0417. The van der Waals surface area contributed by atoms with Gasteiger partial charge in [0.25, 0.3) is 0 Å². The van der Waals surface area contributed by atoms with Crippen molar-refractivity contribution in [3.63, 3.8) is 0 Å². The minimum atomic E-state index is -4.39. The molecule has 0 aromatic rings. The van der Waals surface area contributed by atoms with Crippen LogP contribution in [0.1, 0.15) is 13.8 Å². The molecule has 0 saturated carbocycles. The number of rotatable bonds is 4. The van der Waals surface area contributed by atoms with Crippen molar-refractivity contribution in [2.75, 3.05) is 6.16 Å². The SMILES string of the molecule is CC(C)C(=O)C(=O)CP(=O)(O)O. The molecule has 0 aliphatic rings. The second-order valence-electron chi connectivity index (χ2n) is 2.76. The average molecular weight is 194 g/mol. The van der Waals surface area contributed by atoms with Gasteiger partial charge in [-0.3, -0.25) is 14.2 Å². The number of Topliss-reactive ketones (excluding diaryl/α,β-unsaturated/α-hetero) is 2. The minimum absolute atomic E-state index is 0.510. The maximum atomic E-state index is 10.8. The van der Waals surface area contributed by atoms with Crippen molar-refractivity contribution in [3.8, 4) is 0 Å². The first kappa shape index (κ1) is 11.5. The van der Waals surface area contributed by atoms with Crippen molar-refractivity contribution in [1.82, 2.24) is 0 Å². The van der Waals surface area contributed by atoms with Gasteiger partial charge < -0.3 is 9.79 Å². The molecule has 0 aliphatic carbocycles. The maximum absolute atomic E-state index is 10.8. The Balaban J connectivity index is 4.25. The van der Waals surface area contributed by atoms with Crippen LogP contribution >= 0.6 is 7.60 Å². The molecular formula is C6H11O5P. The molecule has 0 aromatic carbocycles. The molecule has 0 fully saturated rings. The minimum Gasteiger partial charge on any atom is -0.324 e. The molecule has 0 amide bonds. The van der Waals surface area contributed by atoms with E-state index in [1.807, 2.05) is 0 Å². The van der Waals surface area contributed by atoms with Crippen LogP contribution in [0.3, 0.4) is 0 Å². The molecule has 2 N–H and O–H groups in total. The van der Waals surface area contributed by atoms with Crippen molar-refractivity contribution in [2.24, 2.45) is 5.92 Å². The zero-order valence-electron chi connectivity index (χ0n) is 6.85. The molecule has 0 heterocycles. The third kappa shape index (κ3) is 4.38. The van der Waals surface area contributed by atoms with Gasteiger partial charge in [0.1, 0.15) is 6.16 Å². The molecule has 0 spiro atoms. The molecule has 5 nitrogen and oxygen atoms in total. The fraction of sp³-hybridized carbons (Fsp3) is 0.667. The maximum Gasteiger partial charge on any atom is 0.333 e. The smallest absolute Gasteiger partial charge is 0.324 e. The van der Waals surface area contributed by atoms with E-state index in [1.54, 1.807) is 0 Å². The summed E-state index contributed by atoms with van der Waals surface area (Å²) >= 11 is 0. The highest BCUT2D eigenvalue weighted by Gasteiger charge is 2.25. The Morgan fingerprint density at radius 1 is 1.33 bits per heavy atom. The lowest BCUT2D eigenvalue weighted by Gasteiger charge is -2.03. The van der Waals surface area contributed by atoms with E-state index < -0.39 is 31.2 Å². The van der Waals surface area contributed by atoms with Gasteiger partial charge in [-0.05, 0) is 0 Å². The van der Waals surface area contributed by atoms with Gasteiger partial charge in [-0.15, -0.1) is 0 Å².